The van der Waals surface area contributed by atoms with Gasteiger partial charge in [-0.1, -0.05) is 36.4 Å². The first-order valence-corrected chi connectivity index (χ1v) is 12.8. The molecule has 0 unspecified atom stereocenters. The van der Waals surface area contributed by atoms with Crippen LogP contribution in [0.3, 0.4) is 0 Å². The van der Waals surface area contributed by atoms with E-state index in [1.165, 1.54) is 0 Å². The highest BCUT2D eigenvalue weighted by atomic mass is 79.9. The lowest BCUT2D eigenvalue weighted by Gasteiger charge is -2.16. The van der Waals surface area contributed by atoms with Crippen molar-refractivity contribution in [3.63, 3.8) is 0 Å². The minimum absolute atomic E-state index is 0.0957. The maximum Gasteiger partial charge on any atom is 0.239 e. The smallest absolute Gasteiger partial charge is 0.239 e. The van der Waals surface area contributed by atoms with E-state index in [0.717, 1.165) is 27.8 Å². The van der Waals surface area contributed by atoms with Gasteiger partial charge in [-0.05, 0) is 73.4 Å². The van der Waals surface area contributed by atoms with E-state index in [-0.39, 0.29) is 10.7 Å². The summed E-state index contributed by atoms with van der Waals surface area (Å²) in [7, 11) is -2.56. The lowest BCUT2D eigenvalue weighted by Crippen LogP contribution is -2.16. The van der Waals surface area contributed by atoms with Crippen LogP contribution in [0.15, 0.2) is 82.3 Å². The minimum atomic E-state index is -4.16. The van der Waals surface area contributed by atoms with E-state index in [2.05, 4.69) is 36.4 Å². The molecule has 3 aromatic carbocycles. The third-order valence-corrected chi connectivity index (χ3v) is 7.50. The number of halogens is 1. The summed E-state index contributed by atoms with van der Waals surface area (Å²) in [5.41, 5.74) is 3.37. The second kappa shape index (κ2) is 9.17. The number of ether oxygens (including phenoxy) is 1. The van der Waals surface area contributed by atoms with Crippen molar-refractivity contribution in [2.45, 2.75) is 11.4 Å². The molecule has 2 aromatic heterocycles. The Hall–Kier alpha value is -3.67. The molecule has 0 aliphatic heterocycles. The van der Waals surface area contributed by atoms with Crippen LogP contribution in [0.1, 0.15) is 5.56 Å². The Labute approximate surface area is 209 Å². The number of aromatic nitrogens is 5. The topological polar surface area (TPSA) is 126 Å². The summed E-state index contributed by atoms with van der Waals surface area (Å²) in [5.74, 6) is 0.989. The van der Waals surface area contributed by atoms with Crippen molar-refractivity contribution in [3.05, 3.63) is 83.0 Å². The van der Waals surface area contributed by atoms with E-state index in [0.29, 0.717) is 22.1 Å². The normalized spacial score (nSPS) is 11.6. The largest absolute Gasteiger partial charge is 0.497 e. The first kappa shape index (κ1) is 23.1. The quantitative estimate of drug-likeness (QED) is 0.338. The summed E-state index contributed by atoms with van der Waals surface area (Å²) in [6, 6.07) is 20.4. The number of nitrogens with zero attached hydrogens (tertiary/aromatic N) is 5. The van der Waals surface area contributed by atoms with Crippen molar-refractivity contribution in [2.24, 2.45) is 5.14 Å². The molecular formula is C24H19BrN6O3S. The maximum atomic E-state index is 12.8. The van der Waals surface area contributed by atoms with Crippen LogP contribution in [0.2, 0.25) is 0 Å². The summed E-state index contributed by atoms with van der Waals surface area (Å²) in [5, 5.41) is 18.8. The van der Waals surface area contributed by atoms with E-state index in [4.69, 9.17) is 9.88 Å². The molecule has 0 fully saturated rings. The van der Waals surface area contributed by atoms with Gasteiger partial charge in [-0.15, -0.1) is 5.10 Å². The number of rotatable bonds is 6. The number of fused-ring (bicyclic) bond motifs is 1. The van der Waals surface area contributed by atoms with Crippen LogP contribution in [0.4, 0.5) is 0 Å². The first-order chi connectivity index (χ1) is 16.9. The number of hydrogen-bond acceptors (Lipinski definition) is 7. The van der Waals surface area contributed by atoms with E-state index in [9.17, 15) is 8.42 Å². The van der Waals surface area contributed by atoms with Crippen molar-refractivity contribution in [2.75, 3.05) is 7.11 Å². The average Bonchev–Trinajstić information content (AvgIpc) is 3.31. The number of hydrogen-bond donors (Lipinski definition) is 1. The molecule has 9 nitrogen and oxygen atoms in total. The van der Waals surface area contributed by atoms with Crippen LogP contribution in [-0.4, -0.2) is 40.7 Å². The first-order valence-electron chi connectivity index (χ1n) is 10.5. The number of methoxy groups -OCH3 is 1. The number of para-hydroxylation sites is 1. The van der Waals surface area contributed by atoms with E-state index < -0.39 is 10.0 Å². The zero-order chi connectivity index (χ0) is 24.6. The Balaban J connectivity index is 1.77. The molecular weight excluding hydrogens is 532 g/mol. The molecule has 0 bridgehead atoms. The second-order valence-electron chi connectivity index (χ2n) is 7.73. The van der Waals surface area contributed by atoms with Crippen molar-refractivity contribution in [1.29, 1.82) is 0 Å². The Bertz CT molecular complexity index is 1650. The fraction of sp³-hybridized carbons (Fsp3) is 0.0833. The number of sulfonamides is 1. The van der Waals surface area contributed by atoms with Gasteiger partial charge in [0.05, 0.1) is 19.2 Å². The second-order valence-corrected chi connectivity index (χ2v) is 10.1. The number of benzene rings is 3. The maximum absolute atomic E-state index is 12.8. The molecule has 0 saturated carbocycles. The van der Waals surface area contributed by atoms with Gasteiger partial charge in [0.15, 0.2) is 5.82 Å². The standard InChI is InChI=1S/C24H19BrN6O3S/c1-34-16-8-6-15(7-9-16)14-31-24(28-29-30-31)22-19(10-11-20(25)23(22)35(26,32)33)17-12-13-27-21-5-3-2-4-18(17)21/h2-13H,14H2,1H3,(H2,26,32,33). The van der Waals surface area contributed by atoms with Crippen LogP contribution in [0.25, 0.3) is 33.4 Å². The summed E-state index contributed by atoms with van der Waals surface area (Å²) >= 11 is 3.37. The Morgan fingerprint density at radius 1 is 1.00 bits per heavy atom. The van der Waals surface area contributed by atoms with Crippen molar-refractivity contribution in [1.82, 2.24) is 25.2 Å². The minimum Gasteiger partial charge on any atom is -0.497 e. The van der Waals surface area contributed by atoms with Crippen LogP contribution < -0.4 is 9.88 Å². The predicted molar refractivity (Wildman–Crippen MR) is 135 cm³/mol. The zero-order valence-corrected chi connectivity index (χ0v) is 20.9. The van der Waals surface area contributed by atoms with Crippen molar-refractivity contribution >= 4 is 36.9 Å². The highest BCUT2D eigenvalue weighted by Gasteiger charge is 2.27. The van der Waals surface area contributed by atoms with E-state index >= 15 is 0 Å². The van der Waals surface area contributed by atoms with Gasteiger partial charge in [0.2, 0.25) is 10.0 Å². The highest BCUT2D eigenvalue weighted by molar-refractivity contribution is 9.10. The molecule has 5 aromatic rings. The fourth-order valence-electron chi connectivity index (χ4n) is 4.01. The summed E-state index contributed by atoms with van der Waals surface area (Å²) in [6.07, 6.45) is 1.68. The van der Waals surface area contributed by atoms with Crippen molar-refractivity contribution < 1.29 is 13.2 Å². The van der Waals surface area contributed by atoms with Gasteiger partial charge in [0, 0.05) is 21.6 Å². The molecule has 5 rings (SSSR count). The lowest BCUT2D eigenvalue weighted by molar-refractivity contribution is 0.414. The molecule has 0 aliphatic carbocycles. The third kappa shape index (κ3) is 4.41. The Morgan fingerprint density at radius 3 is 2.51 bits per heavy atom. The van der Waals surface area contributed by atoms with E-state index in [1.54, 1.807) is 24.1 Å². The molecule has 0 aliphatic rings. The van der Waals surface area contributed by atoms with Gasteiger partial charge in [-0.3, -0.25) is 4.98 Å². The Morgan fingerprint density at radius 2 is 1.77 bits per heavy atom. The molecule has 35 heavy (non-hydrogen) atoms. The number of primary sulfonamides is 1. The molecule has 0 atom stereocenters. The van der Waals surface area contributed by atoms with E-state index in [1.807, 2.05) is 60.7 Å². The van der Waals surface area contributed by atoms with Crippen molar-refractivity contribution in [3.8, 4) is 28.3 Å². The van der Waals surface area contributed by atoms with Crippen LogP contribution in [-0.2, 0) is 16.6 Å². The van der Waals surface area contributed by atoms with Gasteiger partial charge < -0.3 is 4.74 Å². The number of pyridine rings is 1. The SMILES string of the molecule is COc1ccc(Cn2nnnc2-c2c(-c3ccnc4ccccc34)ccc(Br)c2S(N)(=O)=O)cc1. The molecule has 0 amide bonds. The molecule has 2 heterocycles. The fourth-order valence-corrected chi connectivity index (χ4v) is 5.84. The molecule has 2 N–H and O–H groups in total. The Kier molecular flexibility index (Phi) is 6.05. The molecule has 0 radical (unpaired) electrons. The summed E-state index contributed by atoms with van der Waals surface area (Å²) < 4.78 is 32.7. The van der Waals surface area contributed by atoms with Crippen LogP contribution in [0, 0.1) is 0 Å². The third-order valence-electron chi connectivity index (χ3n) is 5.58. The molecule has 11 heteroatoms. The number of nitrogens with two attached hydrogens (primary N) is 1. The molecule has 0 spiro atoms. The lowest BCUT2D eigenvalue weighted by atomic mass is 9.96. The predicted octanol–water partition coefficient (Wildman–Crippen LogP) is 4.02. The molecule has 0 saturated heterocycles. The molecule has 176 valence electrons. The van der Waals surface area contributed by atoms with Gasteiger partial charge in [-0.2, -0.15) is 0 Å². The van der Waals surface area contributed by atoms with Gasteiger partial charge in [-0.25, -0.2) is 18.2 Å². The summed E-state index contributed by atoms with van der Waals surface area (Å²) in [4.78, 5) is 4.33. The van der Waals surface area contributed by atoms with Crippen LogP contribution in [0.5, 0.6) is 5.75 Å². The zero-order valence-electron chi connectivity index (χ0n) is 18.5. The van der Waals surface area contributed by atoms with Gasteiger partial charge >= 0.3 is 0 Å². The monoisotopic (exact) mass is 550 g/mol. The summed E-state index contributed by atoms with van der Waals surface area (Å²) in [6.45, 7) is 0.305. The van der Waals surface area contributed by atoms with Gasteiger partial charge in [0.1, 0.15) is 10.6 Å². The number of tetrazole rings is 1. The van der Waals surface area contributed by atoms with Gasteiger partial charge in [0.25, 0.3) is 0 Å². The average molecular weight is 551 g/mol. The van der Waals surface area contributed by atoms with Crippen LogP contribution >= 0.6 is 15.9 Å². The highest BCUT2D eigenvalue weighted by Crippen LogP contribution is 2.41.